The number of benzene rings is 1. The Morgan fingerprint density at radius 1 is 1.15 bits per heavy atom. The topological polar surface area (TPSA) is 42.1 Å². The Kier molecular flexibility index (Phi) is 4.86. The highest BCUT2D eigenvalue weighted by Crippen LogP contribution is 2.29. The van der Waals surface area contributed by atoms with Crippen molar-refractivity contribution >= 4 is 29.0 Å². The molecule has 0 aliphatic heterocycles. The fourth-order valence-corrected chi connectivity index (χ4v) is 2.51. The number of hydrogen-bond acceptors (Lipinski definition) is 3. The van der Waals surface area contributed by atoms with Crippen LogP contribution in [0.2, 0.25) is 10.0 Å². The van der Waals surface area contributed by atoms with E-state index in [2.05, 4.69) is 16.8 Å². The molecule has 0 fully saturated rings. The normalized spacial score (nSPS) is 12.2. The molecule has 2 aromatic rings. The molecule has 2 rings (SSSR count). The fourth-order valence-electron chi connectivity index (χ4n) is 2.03. The highest BCUT2D eigenvalue weighted by molar-refractivity contribution is 6.31. The number of hydrogen-bond donors (Lipinski definition) is 1. The van der Waals surface area contributed by atoms with E-state index >= 15 is 0 Å². The second-order valence-electron chi connectivity index (χ2n) is 4.61. The van der Waals surface area contributed by atoms with Gasteiger partial charge in [-0.2, -0.15) is 0 Å². The standard InChI is InChI=1S/C15H17Cl2N3/c1-10(11-5-3-4-6-12(11)16)20(2)15-8-7-13(17)14(9-18)19-15/h3-8,10H,9,18H2,1-2H3. The Balaban J connectivity index is 2.31. The third-order valence-corrected chi connectivity index (χ3v) is 4.08. The van der Waals surface area contributed by atoms with Crippen LogP contribution < -0.4 is 10.6 Å². The number of halogens is 2. The summed E-state index contributed by atoms with van der Waals surface area (Å²) in [6.07, 6.45) is 0. The number of nitrogens with two attached hydrogens (primary N) is 1. The van der Waals surface area contributed by atoms with Crippen molar-refractivity contribution < 1.29 is 0 Å². The first kappa shape index (κ1) is 15.1. The van der Waals surface area contributed by atoms with E-state index in [0.29, 0.717) is 17.3 Å². The molecule has 5 heteroatoms. The van der Waals surface area contributed by atoms with Crippen LogP contribution in [-0.2, 0) is 6.54 Å². The van der Waals surface area contributed by atoms with Gasteiger partial charge < -0.3 is 10.6 Å². The SMILES string of the molecule is CC(c1ccccc1Cl)N(C)c1ccc(Cl)c(CN)n1. The smallest absolute Gasteiger partial charge is 0.129 e. The predicted octanol–water partition coefficient (Wildman–Crippen LogP) is 4.04. The van der Waals surface area contributed by atoms with Crippen LogP contribution in [0.15, 0.2) is 36.4 Å². The van der Waals surface area contributed by atoms with Crippen molar-refractivity contribution in [2.75, 3.05) is 11.9 Å². The van der Waals surface area contributed by atoms with Crippen LogP contribution in [0.25, 0.3) is 0 Å². The first-order chi connectivity index (χ1) is 9.54. The molecule has 0 amide bonds. The van der Waals surface area contributed by atoms with Gasteiger partial charge in [-0.1, -0.05) is 41.4 Å². The van der Waals surface area contributed by atoms with Crippen molar-refractivity contribution in [2.45, 2.75) is 19.5 Å². The summed E-state index contributed by atoms with van der Waals surface area (Å²) in [5.41, 5.74) is 7.40. The highest BCUT2D eigenvalue weighted by Gasteiger charge is 2.16. The van der Waals surface area contributed by atoms with Gasteiger partial charge in [-0.25, -0.2) is 4.98 Å². The predicted molar refractivity (Wildman–Crippen MR) is 85.4 cm³/mol. The summed E-state index contributed by atoms with van der Waals surface area (Å²) >= 11 is 12.3. The molecule has 2 N–H and O–H groups in total. The molecule has 1 heterocycles. The summed E-state index contributed by atoms with van der Waals surface area (Å²) in [7, 11) is 1.98. The molecule has 0 bridgehead atoms. The summed E-state index contributed by atoms with van der Waals surface area (Å²) in [6.45, 7) is 2.40. The summed E-state index contributed by atoms with van der Waals surface area (Å²) < 4.78 is 0. The van der Waals surface area contributed by atoms with Crippen molar-refractivity contribution in [1.82, 2.24) is 4.98 Å². The molecule has 0 saturated heterocycles. The lowest BCUT2D eigenvalue weighted by molar-refractivity contribution is 0.725. The zero-order valence-corrected chi connectivity index (χ0v) is 13.0. The average Bonchev–Trinajstić information content (AvgIpc) is 2.47. The molecule has 0 radical (unpaired) electrons. The molecule has 20 heavy (non-hydrogen) atoms. The molecule has 1 unspecified atom stereocenters. The van der Waals surface area contributed by atoms with Gasteiger partial charge in [0.15, 0.2) is 0 Å². The van der Waals surface area contributed by atoms with Gasteiger partial charge in [0, 0.05) is 18.6 Å². The van der Waals surface area contributed by atoms with E-state index in [1.807, 2.05) is 43.4 Å². The minimum absolute atomic E-state index is 0.1000. The third-order valence-electron chi connectivity index (χ3n) is 3.39. The number of aromatic nitrogens is 1. The number of pyridine rings is 1. The van der Waals surface area contributed by atoms with Crippen LogP contribution in [0.3, 0.4) is 0 Å². The Labute approximate surface area is 129 Å². The molecule has 3 nitrogen and oxygen atoms in total. The zero-order valence-electron chi connectivity index (χ0n) is 11.5. The lowest BCUT2D eigenvalue weighted by Crippen LogP contribution is -2.23. The summed E-state index contributed by atoms with van der Waals surface area (Å²) in [4.78, 5) is 6.55. The van der Waals surface area contributed by atoms with Crippen molar-refractivity contribution in [3.8, 4) is 0 Å². The maximum absolute atomic E-state index is 6.25. The van der Waals surface area contributed by atoms with Gasteiger partial charge in [0.05, 0.1) is 16.8 Å². The van der Waals surface area contributed by atoms with E-state index in [4.69, 9.17) is 28.9 Å². The van der Waals surface area contributed by atoms with Crippen LogP contribution in [0.5, 0.6) is 0 Å². The lowest BCUT2D eigenvalue weighted by atomic mass is 10.1. The molecule has 1 atom stereocenters. The van der Waals surface area contributed by atoms with Gasteiger partial charge >= 0.3 is 0 Å². The van der Waals surface area contributed by atoms with Crippen LogP contribution in [0, 0.1) is 0 Å². The van der Waals surface area contributed by atoms with Gasteiger partial charge in [0.2, 0.25) is 0 Å². The molecular formula is C15H17Cl2N3. The summed E-state index contributed by atoms with van der Waals surface area (Å²) in [5.74, 6) is 0.822. The van der Waals surface area contributed by atoms with Crippen LogP contribution >= 0.6 is 23.2 Å². The minimum Gasteiger partial charge on any atom is -0.353 e. The van der Waals surface area contributed by atoms with Crippen LogP contribution in [0.1, 0.15) is 24.2 Å². The van der Waals surface area contributed by atoms with E-state index in [-0.39, 0.29) is 6.04 Å². The van der Waals surface area contributed by atoms with E-state index in [1.54, 1.807) is 0 Å². The molecule has 106 valence electrons. The molecule has 1 aromatic carbocycles. The quantitative estimate of drug-likeness (QED) is 0.926. The zero-order chi connectivity index (χ0) is 14.7. The third kappa shape index (κ3) is 3.06. The number of rotatable bonds is 4. The van der Waals surface area contributed by atoms with Gasteiger partial charge in [-0.15, -0.1) is 0 Å². The second kappa shape index (κ2) is 6.44. The highest BCUT2D eigenvalue weighted by atomic mass is 35.5. The Hall–Kier alpha value is -1.29. The van der Waals surface area contributed by atoms with Crippen molar-refractivity contribution in [1.29, 1.82) is 0 Å². The molecular weight excluding hydrogens is 293 g/mol. The van der Waals surface area contributed by atoms with Crippen molar-refractivity contribution in [3.05, 3.63) is 57.7 Å². The van der Waals surface area contributed by atoms with Gasteiger partial charge in [-0.3, -0.25) is 0 Å². The Bertz CT molecular complexity index is 601. The largest absolute Gasteiger partial charge is 0.353 e. The maximum atomic E-state index is 6.25. The second-order valence-corrected chi connectivity index (χ2v) is 5.42. The van der Waals surface area contributed by atoms with Gasteiger partial charge in [-0.05, 0) is 30.7 Å². The van der Waals surface area contributed by atoms with Crippen molar-refractivity contribution in [2.24, 2.45) is 5.73 Å². The monoisotopic (exact) mass is 309 g/mol. The van der Waals surface area contributed by atoms with E-state index in [1.165, 1.54) is 0 Å². The van der Waals surface area contributed by atoms with Gasteiger partial charge in [0.25, 0.3) is 0 Å². The van der Waals surface area contributed by atoms with E-state index in [0.717, 1.165) is 16.4 Å². The van der Waals surface area contributed by atoms with Crippen LogP contribution in [0.4, 0.5) is 5.82 Å². The number of anilines is 1. The molecule has 1 aromatic heterocycles. The summed E-state index contributed by atoms with van der Waals surface area (Å²) in [6, 6.07) is 11.6. The molecule has 0 spiro atoms. The van der Waals surface area contributed by atoms with E-state index in [9.17, 15) is 0 Å². The lowest BCUT2D eigenvalue weighted by Gasteiger charge is -2.27. The average molecular weight is 310 g/mol. The number of nitrogens with zero attached hydrogens (tertiary/aromatic N) is 2. The van der Waals surface area contributed by atoms with Crippen LogP contribution in [-0.4, -0.2) is 12.0 Å². The Morgan fingerprint density at radius 2 is 1.85 bits per heavy atom. The maximum Gasteiger partial charge on any atom is 0.129 e. The van der Waals surface area contributed by atoms with Crippen molar-refractivity contribution in [3.63, 3.8) is 0 Å². The first-order valence-corrected chi connectivity index (χ1v) is 7.13. The minimum atomic E-state index is 0.1000. The van der Waals surface area contributed by atoms with Gasteiger partial charge in [0.1, 0.15) is 5.82 Å². The van der Waals surface area contributed by atoms with E-state index < -0.39 is 0 Å². The molecule has 0 aliphatic rings. The molecule has 0 saturated carbocycles. The fraction of sp³-hybridized carbons (Fsp3) is 0.267. The molecule has 0 aliphatic carbocycles. The summed E-state index contributed by atoms with van der Waals surface area (Å²) in [5, 5.41) is 1.34. The Morgan fingerprint density at radius 3 is 2.50 bits per heavy atom. The first-order valence-electron chi connectivity index (χ1n) is 6.37.